The lowest BCUT2D eigenvalue weighted by Crippen LogP contribution is -2.49. The summed E-state index contributed by atoms with van der Waals surface area (Å²) in [6, 6.07) is 14.1. The molecule has 0 saturated heterocycles. The number of benzene rings is 2. The van der Waals surface area contributed by atoms with Gasteiger partial charge in [0.1, 0.15) is 11.9 Å². The summed E-state index contributed by atoms with van der Waals surface area (Å²) in [6.45, 7) is 2.91. The molecular weight excluding hydrogens is 393 g/mol. The van der Waals surface area contributed by atoms with E-state index >= 15 is 0 Å². The first-order valence-corrected chi connectivity index (χ1v) is 11.4. The molecule has 6 nitrogen and oxygen atoms in total. The molecule has 0 aliphatic carbocycles. The van der Waals surface area contributed by atoms with E-state index in [0.29, 0.717) is 19.4 Å². The van der Waals surface area contributed by atoms with Crippen LogP contribution in [-0.4, -0.2) is 46.8 Å². The summed E-state index contributed by atoms with van der Waals surface area (Å²) in [6.07, 6.45) is 2.05. The molecule has 0 radical (unpaired) electrons. The highest BCUT2D eigenvalue weighted by molar-refractivity contribution is 7.92. The first kappa shape index (κ1) is 22.7. The van der Waals surface area contributed by atoms with Crippen LogP contribution in [0.4, 0.5) is 15.8 Å². The van der Waals surface area contributed by atoms with Crippen molar-refractivity contribution in [1.82, 2.24) is 5.32 Å². The van der Waals surface area contributed by atoms with Crippen LogP contribution in [-0.2, 0) is 14.8 Å². The van der Waals surface area contributed by atoms with Crippen LogP contribution >= 0.6 is 0 Å². The maximum Gasteiger partial charge on any atom is 0.243 e. The van der Waals surface area contributed by atoms with Crippen molar-refractivity contribution in [1.29, 1.82) is 0 Å². The molecule has 0 bridgehead atoms. The molecule has 0 fully saturated rings. The second kappa shape index (κ2) is 10.2. The van der Waals surface area contributed by atoms with Gasteiger partial charge in [0.2, 0.25) is 15.9 Å². The van der Waals surface area contributed by atoms with E-state index in [0.717, 1.165) is 22.8 Å². The monoisotopic (exact) mass is 421 g/mol. The van der Waals surface area contributed by atoms with Crippen molar-refractivity contribution in [2.24, 2.45) is 0 Å². The third-order valence-electron chi connectivity index (χ3n) is 4.58. The van der Waals surface area contributed by atoms with Gasteiger partial charge in [-0.3, -0.25) is 9.10 Å². The molecule has 2 rings (SSSR count). The normalized spacial score (nSPS) is 12.3. The van der Waals surface area contributed by atoms with Gasteiger partial charge in [-0.1, -0.05) is 25.1 Å². The highest BCUT2D eigenvalue weighted by atomic mass is 32.2. The van der Waals surface area contributed by atoms with Crippen molar-refractivity contribution in [2.45, 2.75) is 25.8 Å². The fraction of sp³-hybridized carbons (Fsp3) is 0.381. The zero-order valence-corrected chi connectivity index (χ0v) is 17.8. The largest absolute Gasteiger partial charge is 0.375 e. The maximum atomic E-state index is 13.2. The van der Waals surface area contributed by atoms with E-state index in [-0.39, 0.29) is 11.6 Å². The number of anilines is 2. The highest BCUT2D eigenvalue weighted by Gasteiger charge is 2.31. The second-order valence-corrected chi connectivity index (χ2v) is 8.72. The molecule has 0 heterocycles. The molecule has 8 heteroatoms. The Bertz CT molecular complexity index is 889. The standard InChI is InChI=1S/C21H28FN3O3S/c1-4-20(25(29(3,27)28)19-13-11-17(22)12-14-19)21(26)23-15-8-16-24(2)18-9-6-5-7-10-18/h5-7,9-14,20H,4,8,15-16H2,1-3H3,(H,23,26)/t20-/m1/s1. The molecule has 1 N–H and O–H groups in total. The van der Waals surface area contributed by atoms with E-state index in [4.69, 9.17) is 0 Å². The fourth-order valence-electron chi connectivity index (χ4n) is 3.11. The number of carbonyl (C=O) groups excluding carboxylic acids is 1. The summed E-state index contributed by atoms with van der Waals surface area (Å²) in [5.74, 6) is -0.841. The van der Waals surface area contributed by atoms with E-state index in [1.54, 1.807) is 6.92 Å². The summed E-state index contributed by atoms with van der Waals surface area (Å²) in [4.78, 5) is 14.8. The number of hydrogen-bond acceptors (Lipinski definition) is 4. The number of amides is 1. The summed E-state index contributed by atoms with van der Waals surface area (Å²) in [7, 11) is -1.75. The minimum Gasteiger partial charge on any atom is -0.375 e. The highest BCUT2D eigenvalue weighted by Crippen LogP contribution is 2.22. The van der Waals surface area contributed by atoms with Crippen molar-refractivity contribution >= 4 is 27.3 Å². The number of sulfonamides is 1. The summed E-state index contributed by atoms with van der Waals surface area (Å²) >= 11 is 0. The lowest BCUT2D eigenvalue weighted by atomic mass is 10.2. The Balaban J connectivity index is 1.99. The number of carbonyl (C=O) groups is 1. The molecule has 0 spiro atoms. The van der Waals surface area contributed by atoms with E-state index in [2.05, 4.69) is 10.2 Å². The Morgan fingerprint density at radius 1 is 1.07 bits per heavy atom. The molecule has 29 heavy (non-hydrogen) atoms. The molecule has 2 aromatic carbocycles. The SMILES string of the molecule is CC[C@H](C(=O)NCCCN(C)c1ccccc1)N(c1ccc(F)cc1)S(C)(=O)=O. The van der Waals surface area contributed by atoms with Crippen LogP contribution < -0.4 is 14.5 Å². The minimum absolute atomic E-state index is 0.264. The van der Waals surface area contributed by atoms with Crippen molar-refractivity contribution in [3.8, 4) is 0 Å². The number of nitrogens with one attached hydrogen (secondary N) is 1. The van der Waals surface area contributed by atoms with Crippen LogP contribution in [0, 0.1) is 5.82 Å². The molecule has 0 unspecified atom stereocenters. The topological polar surface area (TPSA) is 69.7 Å². The van der Waals surface area contributed by atoms with Gasteiger partial charge in [-0.15, -0.1) is 0 Å². The molecule has 1 amide bonds. The lowest BCUT2D eigenvalue weighted by molar-refractivity contribution is -0.122. The van der Waals surface area contributed by atoms with Crippen molar-refractivity contribution in [2.75, 3.05) is 35.6 Å². The van der Waals surface area contributed by atoms with E-state index < -0.39 is 21.9 Å². The summed E-state index contributed by atoms with van der Waals surface area (Å²) in [5.41, 5.74) is 1.35. The van der Waals surface area contributed by atoms with Crippen LogP contribution in [0.15, 0.2) is 54.6 Å². The van der Waals surface area contributed by atoms with E-state index in [1.807, 2.05) is 37.4 Å². The fourth-order valence-corrected chi connectivity index (χ4v) is 4.32. The van der Waals surface area contributed by atoms with Gasteiger partial charge in [-0.05, 0) is 49.2 Å². The summed E-state index contributed by atoms with van der Waals surface area (Å²) < 4.78 is 39.0. The maximum absolute atomic E-state index is 13.2. The molecule has 0 aliphatic rings. The van der Waals surface area contributed by atoms with Gasteiger partial charge < -0.3 is 10.2 Å². The van der Waals surface area contributed by atoms with Crippen molar-refractivity contribution < 1.29 is 17.6 Å². The van der Waals surface area contributed by atoms with Gasteiger partial charge in [-0.2, -0.15) is 0 Å². The quantitative estimate of drug-likeness (QED) is 0.599. The van der Waals surface area contributed by atoms with E-state index in [1.165, 1.54) is 24.3 Å². The zero-order chi connectivity index (χ0) is 21.4. The third-order valence-corrected chi connectivity index (χ3v) is 5.76. The molecule has 1 atom stereocenters. The predicted molar refractivity (Wildman–Crippen MR) is 115 cm³/mol. The van der Waals surface area contributed by atoms with Gasteiger partial charge in [0.05, 0.1) is 11.9 Å². The van der Waals surface area contributed by atoms with Crippen LogP contribution in [0.2, 0.25) is 0 Å². The summed E-state index contributed by atoms with van der Waals surface area (Å²) in [5, 5.41) is 2.83. The molecular formula is C21H28FN3O3S. The molecule has 158 valence electrons. The Hall–Kier alpha value is -2.61. The number of nitrogens with zero attached hydrogens (tertiary/aromatic N) is 2. The van der Waals surface area contributed by atoms with Gasteiger partial charge in [0.15, 0.2) is 0 Å². The van der Waals surface area contributed by atoms with Crippen molar-refractivity contribution in [3.05, 3.63) is 60.4 Å². The average molecular weight is 422 g/mol. The van der Waals surface area contributed by atoms with Crippen molar-refractivity contribution in [3.63, 3.8) is 0 Å². The van der Waals surface area contributed by atoms with Crippen LogP contribution in [0.25, 0.3) is 0 Å². The number of hydrogen-bond donors (Lipinski definition) is 1. The average Bonchev–Trinajstić information content (AvgIpc) is 2.69. The number of halogens is 1. The van der Waals surface area contributed by atoms with Gasteiger partial charge in [0.25, 0.3) is 0 Å². The molecule has 2 aromatic rings. The Morgan fingerprint density at radius 3 is 2.24 bits per heavy atom. The first-order valence-electron chi connectivity index (χ1n) is 9.53. The lowest BCUT2D eigenvalue weighted by Gasteiger charge is -2.30. The molecule has 0 saturated carbocycles. The number of rotatable bonds is 10. The Morgan fingerprint density at radius 2 is 1.69 bits per heavy atom. The zero-order valence-electron chi connectivity index (χ0n) is 17.0. The van der Waals surface area contributed by atoms with Crippen LogP contribution in [0.1, 0.15) is 19.8 Å². The van der Waals surface area contributed by atoms with Crippen LogP contribution in [0.5, 0.6) is 0 Å². The Kier molecular flexibility index (Phi) is 8.01. The Labute approximate surface area is 172 Å². The second-order valence-electron chi connectivity index (χ2n) is 6.86. The number of para-hydroxylation sites is 1. The van der Waals surface area contributed by atoms with Gasteiger partial charge in [-0.25, -0.2) is 12.8 Å². The minimum atomic E-state index is -3.73. The van der Waals surface area contributed by atoms with Gasteiger partial charge >= 0.3 is 0 Å². The molecule has 0 aliphatic heterocycles. The van der Waals surface area contributed by atoms with Crippen LogP contribution in [0.3, 0.4) is 0 Å². The van der Waals surface area contributed by atoms with Gasteiger partial charge in [0, 0.05) is 25.8 Å². The first-order chi connectivity index (χ1) is 13.7. The molecule has 0 aromatic heterocycles. The predicted octanol–water partition coefficient (Wildman–Crippen LogP) is 3.01. The van der Waals surface area contributed by atoms with E-state index in [9.17, 15) is 17.6 Å². The smallest absolute Gasteiger partial charge is 0.243 e. The third kappa shape index (κ3) is 6.45.